The first-order valence-electron chi connectivity index (χ1n) is 15.1. The first kappa shape index (κ1) is 32.6. The summed E-state index contributed by atoms with van der Waals surface area (Å²) < 4.78 is 105. The van der Waals surface area contributed by atoms with Crippen molar-refractivity contribution in [3.63, 3.8) is 0 Å². The molecule has 0 spiro atoms. The normalized spacial score (nSPS) is 17.0. The zero-order valence-electron chi connectivity index (χ0n) is 25.0. The van der Waals surface area contributed by atoms with Crippen molar-refractivity contribution in [3.8, 4) is 28.0 Å². The molecule has 1 fully saturated rings. The number of hydrogen-bond donors (Lipinski definition) is 0. The molecule has 45 heavy (non-hydrogen) atoms. The summed E-state index contributed by atoms with van der Waals surface area (Å²) in [6.07, 6.45) is -0.787. The average Bonchev–Trinajstić information content (AvgIpc) is 3.01. The van der Waals surface area contributed by atoms with E-state index in [9.17, 15) is 17.6 Å². The lowest BCUT2D eigenvalue weighted by Gasteiger charge is -2.30. The average molecular weight is 629 g/mol. The number of halogens is 6. The van der Waals surface area contributed by atoms with Crippen LogP contribution in [0.4, 0.5) is 26.3 Å². The molecule has 5 rings (SSSR count). The molecule has 4 aromatic carbocycles. The van der Waals surface area contributed by atoms with Gasteiger partial charge in [0.15, 0.2) is 6.29 Å². The second-order valence-corrected chi connectivity index (χ2v) is 11.2. The van der Waals surface area contributed by atoms with Crippen LogP contribution in [0.15, 0.2) is 72.8 Å². The van der Waals surface area contributed by atoms with Crippen LogP contribution >= 0.6 is 0 Å². The van der Waals surface area contributed by atoms with Crippen LogP contribution in [0.5, 0.6) is 5.75 Å². The fourth-order valence-electron chi connectivity index (χ4n) is 5.44. The third-order valence-corrected chi connectivity index (χ3v) is 7.96. The van der Waals surface area contributed by atoms with Gasteiger partial charge in [0.1, 0.15) is 34.6 Å². The van der Waals surface area contributed by atoms with Gasteiger partial charge in [0.2, 0.25) is 0 Å². The molecule has 0 aliphatic carbocycles. The molecule has 1 saturated heterocycles. The molecule has 9 heteroatoms. The van der Waals surface area contributed by atoms with E-state index in [0.717, 1.165) is 37.8 Å². The van der Waals surface area contributed by atoms with Crippen LogP contribution in [0.1, 0.15) is 62.5 Å². The van der Waals surface area contributed by atoms with Crippen molar-refractivity contribution in [1.29, 1.82) is 0 Å². The zero-order chi connectivity index (χ0) is 32.1. The number of benzene rings is 4. The maximum atomic E-state index is 15.1. The molecule has 0 saturated carbocycles. The van der Waals surface area contributed by atoms with E-state index in [1.165, 1.54) is 42.5 Å². The van der Waals surface area contributed by atoms with Gasteiger partial charge in [-0.15, -0.1) is 0 Å². The van der Waals surface area contributed by atoms with Gasteiger partial charge in [0.05, 0.1) is 13.2 Å². The van der Waals surface area contributed by atoms with Gasteiger partial charge in [-0.3, -0.25) is 0 Å². The number of alkyl halides is 2. The minimum atomic E-state index is -4.34. The lowest BCUT2D eigenvalue weighted by atomic mass is 9.98. The van der Waals surface area contributed by atoms with Crippen molar-refractivity contribution in [2.24, 2.45) is 5.92 Å². The molecular weight excluding hydrogens is 594 g/mol. The quantitative estimate of drug-likeness (QED) is 0.122. The molecule has 0 unspecified atom stereocenters. The van der Waals surface area contributed by atoms with Crippen molar-refractivity contribution in [2.75, 3.05) is 13.2 Å². The summed E-state index contributed by atoms with van der Waals surface area (Å²) in [6, 6.07) is 15.7. The lowest BCUT2D eigenvalue weighted by molar-refractivity contribution is -0.206. The topological polar surface area (TPSA) is 27.7 Å². The molecule has 4 aromatic rings. The summed E-state index contributed by atoms with van der Waals surface area (Å²) in [5.41, 5.74) is 0.464. The van der Waals surface area contributed by atoms with Crippen LogP contribution in [-0.4, -0.2) is 13.2 Å². The zero-order valence-corrected chi connectivity index (χ0v) is 25.0. The van der Waals surface area contributed by atoms with Crippen LogP contribution in [0.25, 0.3) is 22.3 Å². The number of aryl methyl sites for hydroxylation is 1. The predicted molar refractivity (Wildman–Crippen MR) is 160 cm³/mol. The summed E-state index contributed by atoms with van der Waals surface area (Å²) in [6.45, 7) is 4.62. The van der Waals surface area contributed by atoms with Crippen LogP contribution in [0.2, 0.25) is 0 Å². The first-order valence-corrected chi connectivity index (χ1v) is 15.1. The molecule has 1 heterocycles. The monoisotopic (exact) mass is 628 g/mol. The molecule has 1 aliphatic rings. The Hall–Kier alpha value is -3.82. The number of ether oxygens (including phenoxy) is 3. The van der Waals surface area contributed by atoms with Crippen molar-refractivity contribution in [1.82, 2.24) is 0 Å². The van der Waals surface area contributed by atoms with Crippen molar-refractivity contribution >= 4 is 0 Å². The second-order valence-electron chi connectivity index (χ2n) is 11.2. The Kier molecular flexibility index (Phi) is 10.2. The Labute approximate surface area is 258 Å². The standard InChI is InChI=1S/C36H34F6O3/c1-3-5-6-7-22-20-43-35(44-21-22)27-18-32(39)34(33(40)19-27)36(41,42)45-28-13-10-24(11-14-28)25-12-15-29(31(38)16-25)26-9-8-23(4-2)30(37)17-26/h8-19,22,35H,3-7,20-21H2,1-2H3. The van der Waals surface area contributed by atoms with E-state index in [1.54, 1.807) is 18.2 Å². The number of hydrogen-bond acceptors (Lipinski definition) is 3. The Morgan fingerprint density at radius 2 is 1.33 bits per heavy atom. The van der Waals surface area contributed by atoms with Crippen LogP contribution in [0, 0.1) is 29.2 Å². The Morgan fingerprint density at radius 3 is 1.93 bits per heavy atom. The SMILES string of the molecule is CCCCCC1COC(c2cc(F)c(C(F)(F)Oc3ccc(-c4ccc(-c5ccc(CC)c(F)c5)c(F)c4)cc3)c(F)c2)OC1. The molecule has 1 aliphatic heterocycles. The third-order valence-electron chi connectivity index (χ3n) is 7.96. The molecule has 0 aromatic heterocycles. The largest absolute Gasteiger partial charge is 0.432 e. The van der Waals surface area contributed by atoms with Gasteiger partial charge >= 0.3 is 6.11 Å². The van der Waals surface area contributed by atoms with Crippen LogP contribution < -0.4 is 4.74 Å². The van der Waals surface area contributed by atoms with Gasteiger partial charge < -0.3 is 14.2 Å². The minimum Gasteiger partial charge on any atom is -0.429 e. The van der Waals surface area contributed by atoms with Gasteiger partial charge in [0, 0.05) is 17.0 Å². The highest BCUT2D eigenvalue weighted by atomic mass is 19.3. The van der Waals surface area contributed by atoms with E-state index in [2.05, 4.69) is 6.92 Å². The highest BCUT2D eigenvalue weighted by Gasteiger charge is 2.42. The summed E-state index contributed by atoms with van der Waals surface area (Å²) in [4.78, 5) is 0. The molecule has 0 bridgehead atoms. The summed E-state index contributed by atoms with van der Waals surface area (Å²) in [5, 5.41) is 0. The van der Waals surface area contributed by atoms with Crippen LogP contribution in [0.3, 0.4) is 0 Å². The molecule has 0 N–H and O–H groups in total. The molecular formula is C36H34F6O3. The maximum Gasteiger partial charge on any atom is 0.432 e. The minimum absolute atomic E-state index is 0.0396. The maximum absolute atomic E-state index is 15.1. The van der Waals surface area contributed by atoms with E-state index in [4.69, 9.17) is 14.2 Å². The summed E-state index contributed by atoms with van der Waals surface area (Å²) in [7, 11) is 0. The lowest BCUT2D eigenvalue weighted by Crippen LogP contribution is -2.28. The van der Waals surface area contributed by atoms with Gasteiger partial charge in [-0.2, -0.15) is 8.78 Å². The van der Waals surface area contributed by atoms with Crippen molar-refractivity contribution in [2.45, 2.75) is 58.4 Å². The number of rotatable bonds is 11. The molecule has 0 radical (unpaired) electrons. The van der Waals surface area contributed by atoms with Gasteiger partial charge in [-0.05, 0) is 71.5 Å². The number of unbranched alkanes of at least 4 members (excludes halogenated alkanes) is 2. The highest BCUT2D eigenvalue weighted by Crippen LogP contribution is 2.38. The van der Waals surface area contributed by atoms with Crippen molar-refractivity contribution in [3.05, 3.63) is 113 Å². The predicted octanol–water partition coefficient (Wildman–Crippen LogP) is 10.5. The molecule has 238 valence electrons. The fraction of sp³-hybridized carbons (Fsp3) is 0.333. The third kappa shape index (κ3) is 7.53. The Bertz CT molecular complexity index is 1590. The van der Waals surface area contributed by atoms with E-state index in [1.807, 2.05) is 6.92 Å². The van der Waals surface area contributed by atoms with Gasteiger partial charge in [-0.1, -0.05) is 69.5 Å². The van der Waals surface area contributed by atoms with Crippen molar-refractivity contribution < 1.29 is 40.6 Å². The smallest absolute Gasteiger partial charge is 0.429 e. The second kappa shape index (κ2) is 14.1. The van der Waals surface area contributed by atoms with E-state index in [0.29, 0.717) is 41.9 Å². The van der Waals surface area contributed by atoms with E-state index in [-0.39, 0.29) is 22.8 Å². The highest BCUT2D eigenvalue weighted by molar-refractivity contribution is 5.71. The molecule has 0 atom stereocenters. The summed E-state index contributed by atoms with van der Waals surface area (Å²) >= 11 is 0. The molecule has 0 amide bonds. The summed E-state index contributed by atoms with van der Waals surface area (Å²) in [5.74, 6) is -4.19. The Balaban J connectivity index is 1.26. The van der Waals surface area contributed by atoms with E-state index < -0.39 is 41.2 Å². The van der Waals surface area contributed by atoms with E-state index >= 15 is 8.78 Å². The first-order chi connectivity index (χ1) is 21.6. The Morgan fingerprint density at radius 1 is 0.711 bits per heavy atom. The van der Waals surface area contributed by atoms with Gasteiger partial charge in [0.25, 0.3) is 0 Å². The fourth-order valence-corrected chi connectivity index (χ4v) is 5.44. The van der Waals surface area contributed by atoms with Crippen LogP contribution in [-0.2, 0) is 22.0 Å². The molecule has 3 nitrogen and oxygen atoms in total. The van der Waals surface area contributed by atoms with Gasteiger partial charge in [-0.25, -0.2) is 17.6 Å².